The number of carbonyl (C=O) groups excluding carboxylic acids is 2. The Labute approximate surface area is 149 Å². The summed E-state index contributed by atoms with van der Waals surface area (Å²) < 4.78 is 5.26. The molecule has 1 saturated carbocycles. The predicted octanol–water partition coefficient (Wildman–Crippen LogP) is 3.45. The molecule has 1 amide bonds. The Balaban J connectivity index is 1.93. The van der Waals surface area contributed by atoms with E-state index >= 15 is 0 Å². The van der Waals surface area contributed by atoms with Crippen molar-refractivity contribution in [1.82, 2.24) is 5.32 Å². The van der Waals surface area contributed by atoms with Crippen molar-refractivity contribution in [2.45, 2.75) is 64.7 Å². The number of aliphatic hydroxyl groups excluding tert-OH is 1. The molecule has 1 aliphatic carbocycles. The lowest BCUT2D eigenvalue weighted by Crippen LogP contribution is -2.49. The van der Waals surface area contributed by atoms with Crippen molar-refractivity contribution in [3.05, 3.63) is 35.9 Å². The number of hydrogen-bond acceptors (Lipinski definition) is 4. The zero-order valence-corrected chi connectivity index (χ0v) is 15.1. The maximum Gasteiger partial charge on any atom is 0.407 e. The molecule has 1 fully saturated rings. The first-order valence-corrected chi connectivity index (χ1v) is 9.15. The molecule has 1 aromatic carbocycles. The van der Waals surface area contributed by atoms with Crippen LogP contribution in [-0.2, 0) is 16.1 Å². The van der Waals surface area contributed by atoms with Crippen LogP contribution in [0.15, 0.2) is 30.3 Å². The van der Waals surface area contributed by atoms with Gasteiger partial charge < -0.3 is 15.2 Å². The highest BCUT2D eigenvalue weighted by molar-refractivity contribution is 5.82. The van der Waals surface area contributed by atoms with Gasteiger partial charge in [-0.1, -0.05) is 50.6 Å². The van der Waals surface area contributed by atoms with E-state index in [0.717, 1.165) is 18.4 Å². The summed E-state index contributed by atoms with van der Waals surface area (Å²) in [6.45, 7) is 4.23. The lowest BCUT2D eigenvalue weighted by atomic mass is 9.80. The fraction of sp³-hybridized carbons (Fsp3) is 0.600. The highest BCUT2D eigenvalue weighted by Crippen LogP contribution is 2.27. The molecule has 0 spiro atoms. The smallest absolute Gasteiger partial charge is 0.407 e. The zero-order chi connectivity index (χ0) is 18.2. The van der Waals surface area contributed by atoms with Gasteiger partial charge in [-0.25, -0.2) is 4.79 Å². The van der Waals surface area contributed by atoms with Gasteiger partial charge in [-0.05, 0) is 30.7 Å². The molecule has 5 heteroatoms. The molecule has 0 heterocycles. The van der Waals surface area contributed by atoms with Crippen molar-refractivity contribution in [3.8, 4) is 0 Å². The second-order valence-electron chi connectivity index (χ2n) is 7.25. The second kappa shape index (κ2) is 9.56. The molecule has 0 aliphatic heterocycles. The van der Waals surface area contributed by atoms with Gasteiger partial charge in [-0.3, -0.25) is 4.79 Å². The van der Waals surface area contributed by atoms with Crippen LogP contribution in [-0.4, -0.2) is 29.1 Å². The van der Waals surface area contributed by atoms with Crippen LogP contribution in [0, 0.1) is 11.8 Å². The summed E-state index contributed by atoms with van der Waals surface area (Å²) >= 11 is 0. The number of alkyl carbamates (subject to hydrolysis) is 1. The van der Waals surface area contributed by atoms with E-state index in [-0.39, 0.29) is 24.2 Å². The molecule has 0 aromatic heterocycles. The van der Waals surface area contributed by atoms with E-state index < -0.39 is 18.2 Å². The van der Waals surface area contributed by atoms with Crippen LogP contribution < -0.4 is 5.32 Å². The lowest BCUT2D eigenvalue weighted by Gasteiger charge is -2.32. The molecular weight excluding hydrogens is 318 g/mol. The van der Waals surface area contributed by atoms with Crippen molar-refractivity contribution >= 4 is 11.9 Å². The summed E-state index contributed by atoms with van der Waals surface area (Å²) in [5.74, 6) is 0.00616. The van der Waals surface area contributed by atoms with Gasteiger partial charge in [-0.15, -0.1) is 0 Å². The van der Waals surface area contributed by atoms with Gasteiger partial charge >= 0.3 is 6.09 Å². The molecule has 0 radical (unpaired) electrons. The number of carbonyl (C=O) groups is 2. The minimum Gasteiger partial charge on any atom is -0.445 e. The first-order valence-electron chi connectivity index (χ1n) is 9.15. The van der Waals surface area contributed by atoms with Gasteiger partial charge in [-0.2, -0.15) is 0 Å². The van der Waals surface area contributed by atoms with Crippen molar-refractivity contribution in [2.75, 3.05) is 0 Å². The standard InChI is InChI=1S/C20H29NO4/c1-14(2)12-17(19(23)16-10-6-7-11-18(16)22)21-20(24)25-13-15-8-4-3-5-9-15/h3-5,8-9,14,16-17,19,23H,6-7,10-13H2,1-2H3,(H,21,24)/t16?,17-,19?/m0/s1. The van der Waals surface area contributed by atoms with Gasteiger partial charge in [0, 0.05) is 12.3 Å². The molecule has 0 bridgehead atoms. The quantitative estimate of drug-likeness (QED) is 0.792. The number of hydrogen-bond donors (Lipinski definition) is 2. The molecule has 2 N–H and O–H groups in total. The summed E-state index contributed by atoms with van der Waals surface area (Å²) in [6.07, 6.45) is 2.23. The number of ketones is 1. The highest BCUT2D eigenvalue weighted by atomic mass is 16.5. The van der Waals surface area contributed by atoms with Crippen molar-refractivity contribution in [3.63, 3.8) is 0 Å². The van der Waals surface area contributed by atoms with Gasteiger partial charge in [0.15, 0.2) is 0 Å². The minimum absolute atomic E-state index is 0.104. The molecule has 0 saturated heterocycles. The van der Waals surface area contributed by atoms with Gasteiger partial charge in [0.05, 0.1) is 12.1 Å². The van der Waals surface area contributed by atoms with E-state index in [9.17, 15) is 14.7 Å². The maximum absolute atomic E-state index is 12.1. The van der Waals surface area contributed by atoms with E-state index in [1.807, 2.05) is 44.2 Å². The summed E-state index contributed by atoms with van der Waals surface area (Å²) in [4.78, 5) is 24.3. The van der Waals surface area contributed by atoms with E-state index in [1.165, 1.54) is 0 Å². The fourth-order valence-corrected chi connectivity index (χ4v) is 3.36. The summed E-state index contributed by atoms with van der Waals surface area (Å²) in [7, 11) is 0. The lowest BCUT2D eigenvalue weighted by molar-refractivity contribution is -0.129. The molecular formula is C20H29NO4. The Morgan fingerprint density at radius 2 is 2.00 bits per heavy atom. The average Bonchev–Trinajstić information content (AvgIpc) is 2.60. The average molecular weight is 347 g/mol. The molecule has 1 aromatic rings. The number of ether oxygens (including phenoxy) is 1. The molecule has 1 aliphatic rings. The highest BCUT2D eigenvalue weighted by Gasteiger charge is 2.35. The molecule has 25 heavy (non-hydrogen) atoms. The summed E-state index contributed by atoms with van der Waals surface area (Å²) in [5.41, 5.74) is 0.904. The summed E-state index contributed by atoms with van der Waals surface area (Å²) in [6, 6.07) is 8.96. The fourth-order valence-electron chi connectivity index (χ4n) is 3.36. The van der Waals surface area contributed by atoms with Crippen LogP contribution in [0.25, 0.3) is 0 Å². The van der Waals surface area contributed by atoms with E-state index in [2.05, 4.69) is 5.32 Å². The summed E-state index contributed by atoms with van der Waals surface area (Å²) in [5, 5.41) is 13.5. The van der Waals surface area contributed by atoms with Crippen LogP contribution >= 0.6 is 0 Å². The number of rotatable bonds is 7. The van der Waals surface area contributed by atoms with Gasteiger partial charge in [0.2, 0.25) is 0 Å². The number of benzene rings is 1. The van der Waals surface area contributed by atoms with Crippen LogP contribution in [0.4, 0.5) is 4.79 Å². The predicted molar refractivity (Wildman–Crippen MR) is 96.0 cm³/mol. The van der Waals surface area contributed by atoms with Crippen LogP contribution in [0.5, 0.6) is 0 Å². The SMILES string of the molecule is CC(C)C[C@H](NC(=O)OCc1ccccc1)C(O)C1CCCCC1=O. The van der Waals surface area contributed by atoms with Crippen molar-refractivity contribution in [2.24, 2.45) is 11.8 Å². The second-order valence-corrected chi connectivity index (χ2v) is 7.25. The molecule has 2 rings (SSSR count). The molecule has 2 unspecified atom stereocenters. The number of aliphatic hydroxyl groups is 1. The first-order chi connectivity index (χ1) is 12.0. The third kappa shape index (κ3) is 6.16. The van der Waals surface area contributed by atoms with Gasteiger partial charge in [0.1, 0.15) is 12.4 Å². The Morgan fingerprint density at radius 3 is 2.64 bits per heavy atom. The Kier molecular flexibility index (Phi) is 7.44. The van der Waals surface area contributed by atoms with Crippen LogP contribution in [0.1, 0.15) is 51.5 Å². The third-order valence-electron chi connectivity index (χ3n) is 4.67. The molecule has 5 nitrogen and oxygen atoms in total. The van der Waals surface area contributed by atoms with Crippen LogP contribution in [0.2, 0.25) is 0 Å². The first kappa shape index (κ1) is 19.4. The monoisotopic (exact) mass is 347 g/mol. The zero-order valence-electron chi connectivity index (χ0n) is 15.1. The Hall–Kier alpha value is -1.88. The van der Waals surface area contributed by atoms with E-state index in [4.69, 9.17) is 4.74 Å². The Bertz CT molecular complexity index is 558. The minimum atomic E-state index is -0.862. The van der Waals surface area contributed by atoms with Crippen LogP contribution in [0.3, 0.4) is 0 Å². The normalized spacial score (nSPS) is 20.2. The Morgan fingerprint density at radius 1 is 1.28 bits per heavy atom. The maximum atomic E-state index is 12.1. The largest absolute Gasteiger partial charge is 0.445 e. The van der Waals surface area contributed by atoms with Crippen molar-refractivity contribution < 1.29 is 19.4 Å². The van der Waals surface area contributed by atoms with E-state index in [1.54, 1.807) is 0 Å². The number of nitrogens with one attached hydrogen (secondary N) is 1. The number of amides is 1. The van der Waals surface area contributed by atoms with Gasteiger partial charge in [0.25, 0.3) is 0 Å². The van der Waals surface area contributed by atoms with Crippen molar-refractivity contribution in [1.29, 1.82) is 0 Å². The molecule has 138 valence electrons. The number of Topliss-reactive ketones (excluding diaryl/α,β-unsaturated/α-hetero) is 1. The topological polar surface area (TPSA) is 75.6 Å². The molecule has 3 atom stereocenters. The van der Waals surface area contributed by atoms with E-state index in [0.29, 0.717) is 19.3 Å². The third-order valence-corrected chi connectivity index (χ3v) is 4.67.